The van der Waals surface area contributed by atoms with Gasteiger partial charge in [0, 0.05) is 5.69 Å². The van der Waals surface area contributed by atoms with Gasteiger partial charge in [-0.25, -0.2) is 14.8 Å². The van der Waals surface area contributed by atoms with Gasteiger partial charge in [0.1, 0.15) is 21.9 Å². The summed E-state index contributed by atoms with van der Waals surface area (Å²) in [4.78, 5) is 32.9. The van der Waals surface area contributed by atoms with E-state index in [1.54, 1.807) is 38.1 Å². The molecule has 0 aliphatic heterocycles. The Morgan fingerprint density at radius 3 is 2.56 bits per heavy atom. The summed E-state index contributed by atoms with van der Waals surface area (Å²) in [5, 5.41) is 12.8. The molecule has 3 aromatic rings. The molecule has 140 valence electrons. The molecule has 7 nitrogen and oxygen atoms in total. The van der Waals surface area contributed by atoms with Crippen LogP contribution in [0.3, 0.4) is 0 Å². The molecule has 0 aliphatic carbocycles. The average molecular weight is 385 g/mol. The second-order valence-corrected chi connectivity index (χ2v) is 7.30. The Balaban J connectivity index is 1.92. The molecule has 2 N–H and O–H groups in total. The fourth-order valence-corrected chi connectivity index (χ4v) is 3.68. The first-order valence-electron chi connectivity index (χ1n) is 8.38. The molecule has 0 radical (unpaired) electrons. The number of carboxylic acid groups (broad SMARTS) is 1. The first kappa shape index (κ1) is 18.8. The second kappa shape index (κ2) is 7.71. The SMILES string of the molecule is Cc1c(C(=O)OC(C)C)sc2ncnc(Nc3ccc(CC(=O)O)cc3)c12. The Bertz CT molecular complexity index is 996. The number of aryl methyl sites for hydroxylation is 1. The van der Waals surface area contributed by atoms with Crippen molar-refractivity contribution in [3.05, 3.63) is 46.6 Å². The minimum absolute atomic E-state index is 0.0248. The van der Waals surface area contributed by atoms with Gasteiger partial charge < -0.3 is 15.2 Å². The minimum Gasteiger partial charge on any atom is -0.481 e. The fourth-order valence-electron chi connectivity index (χ4n) is 2.65. The molecule has 0 atom stereocenters. The van der Waals surface area contributed by atoms with Crippen LogP contribution in [0.5, 0.6) is 0 Å². The van der Waals surface area contributed by atoms with Gasteiger partial charge in [-0.05, 0) is 44.0 Å². The van der Waals surface area contributed by atoms with Crippen molar-refractivity contribution in [2.45, 2.75) is 33.3 Å². The zero-order valence-corrected chi connectivity index (χ0v) is 16.0. The zero-order chi connectivity index (χ0) is 19.6. The molecule has 0 aliphatic rings. The zero-order valence-electron chi connectivity index (χ0n) is 15.1. The number of esters is 1. The highest BCUT2D eigenvalue weighted by atomic mass is 32.1. The highest BCUT2D eigenvalue weighted by molar-refractivity contribution is 7.20. The lowest BCUT2D eigenvalue weighted by Crippen LogP contribution is -2.11. The number of hydrogen-bond donors (Lipinski definition) is 2. The molecule has 1 aromatic carbocycles. The van der Waals surface area contributed by atoms with Gasteiger partial charge in [0.15, 0.2) is 0 Å². The number of carbonyl (C=O) groups excluding carboxylic acids is 1. The fraction of sp³-hybridized carbons (Fsp3) is 0.263. The van der Waals surface area contributed by atoms with E-state index >= 15 is 0 Å². The standard InChI is InChI=1S/C19H19N3O4S/c1-10(2)26-19(25)16-11(3)15-17(20-9-21-18(15)27-16)22-13-6-4-12(5-7-13)8-14(23)24/h4-7,9-10H,8H2,1-3H3,(H,23,24)(H,20,21,22). The molecule has 0 bridgehead atoms. The van der Waals surface area contributed by atoms with E-state index in [1.165, 1.54) is 17.7 Å². The van der Waals surface area contributed by atoms with E-state index in [-0.39, 0.29) is 18.5 Å². The molecule has 2 aromatic heterocycles. The van der Waals surface area contributed by atoms with Crippen molar-refractivity contribution in [3.8, 4) is 0 Å². The van der Waals surface area contributed by atoms with Crippen molar-refractivity contribution < 1.29 is 19.4 Å². The Kier molecular flexibility index (Phi) is 5.36. The Morgan fingerprint density at radius 1 is 1.22 bits per heavy atom. The number of nitrogens with one attached hydrogen (secondary N) is 1. The second-order valence-electron chi connectivity index (χ2n) is 6.31. The summed E-state index contributed by atoms with van der Waals surface area (Å²) in [5.74, 6) is -0.652. The first-order chi connectivity index (χ1) is 12.8. The first-order valence-corrected chi connectivity index (χ1v) is 9.19. The molecule has 8 heteroatoms. The number of carbonyl (C=O) groups is 2. The number of fused-ring (bicyclic) bond motifs is 1. The summed E-state index contributed by atoms with van der Waals surface area (Å²) in [6.07, 6.45) is 1.22. The summed E-state index contributed by atoms with van der Waals surface area (Å²) in [7, 11) is 0. The van der Waals surface area contributed by atoms with E-state index in [4.69, 9.17) is 9.84 Å². The maximum atomic E-state index is 12.3. The predicted octanol–water partition coefficient (Wildman–Crippen LogP) is 3.94. The maximum absolute atomic E-state index is 12.3. The normalized spacial score (nSPS) is 11.0. The summed E-state index contributed by atoms with van der Waals surface area (Å²) >= 11 is 1.28. The van der Waals surface area contributed by atoms with Crippen molar-refractivity contribution in [3.63, 3.8) is 0 Å². The maximum Gasteiger partial charge on any atom is 0.348 e. The van der Waals surface area contributed by atoms with Gasteiger partial charge in [-0.1, -0.05) is 12.1 Å². The molecule has 2 heterocycles. The average Bonchev–Trinajstić information content (AvgIpc) is 2.94. The van der Waals surface area contributed by atoms with E-state index in [1.807, 2.05) is 6.92 Å². The van der Waals surface area contributed by atoms with Crippen molar-refractivity contribution in [2.75, 3.05) is 5.32 Å². The lowest BCUT2D eigenvalue weighted by molar-refractivity contribution is -0.136. The van der Waals surface area contributed by atoms with E-state index < -0.39 is 5.97 Å². The smallest absolute Gasteiger partial charge is 0.348 e. The van der Waals surface area contributed by atoms with Crippen molar-refractivity contribution >= 4 is 45.0 Å². The quantitative estimate of drug-likeness (QED) is 0.620. The number of ether oxygens (including phenoxy) is 1. The van der Waals surface area contributed by atoms with Gasteiger partial charge in [-0.3, -0.25) is 4.79 Å². The van der Waals surface area contributed by atoms with Crippen LogP contribution in [0.2, 0.25) is 0 Å². The third-order valence-corrected chi connectivity index (χ3v) is 5.01. The van der Waals surface area contributed by atoms with Gasteiger partial charge in [0.2, 0.25) is 0 Å². The summed E-state index contributed by atoms with van der Waals surface area (Å²) < 4.78 is 5.30. The molecule has 0 saturated carbocycles. The van der Waals surface area contributed by atoms with Crippen LogP contribution in [-0.2, 0) is 16.0 Å². The summed E-state index contributed by atoms with van der Waals surface area (Å²) in [5.41, 5.74) is 2.25. The van der Waals surface area contributed by atoms with Crippen LogP contribution in [0.25, 0.3) is 10.2 Å². The molecule has 0 amide bonds. The number of nitrogens with zero attached hydrogens (tertiary/aromatic N) is 2. The van der Waals surface area contributed by atoms with Crippen LogP contribution < -0.4 is 5.32 Å². The van der Waals surface area contributed by atoms with Crippen molar-refractivity contribution in [1.82, 2.24) is 9.97 Å². The Labute approximate surface area is 160 Å². The lowest BCUT2D eigenvalue weighted by atomic mass is 10.1. The minimum atomic E-state index is -0.872. The van der Waals surface area contributed by atoms with Crippen LogP contribution >= 0.6 is 11.3 Å². The highest BCUT2D eigenvalue weighted by Crippen LogP contribution is 2.35. The van der Waals surface area contributed by atoms with Gasteiger partial charge >= 0.3 is 11.9 Å². The highest BCUT2D eigenvalue weighted by Gasteiger charge is 2.21. The molecule has 0 fully saturated rings. The molecule has 0 saturated heterocycles. The van der Waals surface area contributed by atoms with Crippen LogP contribution in [-0.4, -0.2) is 33.1 Å². The summed E-state index contributed by atoms with van der Waals surface area (Å²) in [6.45, 7) is 5.46. The number of thiophene rings is 1. The number of hydrogen-bond acceptors (Lipinski definition) is 7. The largest absolute Gasteiger partial charge is 0.481 e. The lowest BCUT2D eigenvalue weighted by Gasteiger charge is -2.08. The van der Waals surface area contributed by atoms with Crippen molar-refractivity contribution in [2.24, 2.45) is 0 Å². The van der Waals surface area contributed by atoms with E-state index in [0.29, 0.717) is 21.1 Å². The predicted molar refractivity (Wildman–Crippen MR) is 104 cm³/mol. The van der Waals surface area contributed by atoms with E-state index in [9.17, 15) is 9.59 Å². The molecular formula is C19H19N3O4S. The van der Waals surface area contributed by atoms with Gasteiger partial charge in [0.05, 0.1) is 17.9 Å². The number of benzene rings is 1. The van der Waals surface area contributed by atoms with Gasteiger partial charge in [-0.2, -0.15) is 0 Å². The van der Waals surface area contributed by atoms with E-state index in [2.05, 4.69) is 15.3 Å². The molecule has 3 rings (SSSR count). The van der Waals surface area contributed by atoms with E-state index in [0.717, 1.165) is 16.6 Å². The Morgan fingerprint density at radius 2 is 1.93 bits per heavy atom. The van der Waals surface area contributed by atoms with Crippen molar-refractivity contribution in [1.29, 1.82) is 0 Å². The van der Waals surface area contributed by atoms with Crippen LogP contribution in [0, 0.1) is 6.92 Å². The number of aliphatic carboxylic acids is 1. The third-order valence-electron chi connectivity index (χ3n) is 3.83. The molecular weight excluding hydrogens is 366 g/mol. The number of rotatable bonds is 6. The Hall–Kier alpha value is -3.00. The molecule has 0 spiro atoms. The van der Waals surface area contributed by atoms with Crippen LogP contribution in [0.4, 0.5) is 11.5 Å². The van der Waals surface area contributed by atoms with Crippen LogP contribution in [0.1, 0.15) is 34.6 Å². The number of aromatic nitrogens is 2. The number of carboxylic acids is 1. The molecule has 27 heavy (non-hydrogen) atoms. The summed E-state index contributed by atoms with van der Waals surface area (Å²) in [6, 6.07) is 7.09. The van der Waals surface area contributed by atoms with Crippen LogP contribution in [0.15, 0.2) is 30.6 Å². The topological polar surface area (TPSA) is 101 Å². The van der Waals surface area contributed by atoms with Gasteiger partial charge in [-0.15, -0.1) is 11.3 Å². The number of anilines is 2. The van der Waals surface area contributed by atoms with Gasteiger partial charge in [0.25, 0.3) is 0 Å². The monoisotopic (exact) mass is 385 g/mol. The molecule has 0 unspecified atom stereocenters. The third kappa shape index (κ3) is 4.22.